The molecule has 4 rings (SSSR count). The fourth-order valence-corrected chi connectivity index (χ4v) is 3.50. The van der Waals surface area contributed by atoms with Gasteiger partial charge in [-0.15, -0.1) is 0 Å². The zero-order chi connectivity index (χ0) is 15.6. The Balaban J connectivity index is 1.73. The minimum Gasteiger partial charge on any atom is -0.497 e. The first kappa shape index (κ1) is 14.1. The van der Waals surface area contributed by atoms with E-state index in [0.29, 0.717) is 0 Å². The van der Waals surface area contributed by atoms with Crippen LogP contribution in [0.3, 0.4) is 0 Å². The van der Waals surface area contributed by atoms with Crippen LogP contribution in [0.25, 0.3) is 0 Å². The molecule has 118 valence electrons. The predicted octanol–water partition coefficient (Wildman–Crippen LogP) is 3.67. The van der Waals surface area contributed by atoms with E-state index in [1.165, 1.54) is 23.2 Å². The number of hydrogen-bond donors (Lipinski definition) is 1. The lowest BCUT2D eigenvalue weighted by Crippen LogP contribution is -2.37. The van der Waals surface area contributed by atoms with Gasteiger partial charge in [0.25, 0.3) is 0 Å². The van der Waals surface area contributed by atoms with E-state index in [1.54, 1.807) is 7.11 Å². The van der Waals surface area contributed by atoms with Gasteiger partial charge in [0.1, 0.15) is 5.75 Å². The first-order valence-electron chi connectivity index (χ1n) is 8.19. The van der Waals surface area contributed by atoms with Gasteiger partial charge in [0, 0.05) is 30.8 Å². The minimum absolute atomic E-state index is 0.926. The number of hydrogen-bond acceptors (Lipinski definition) is 4. The molecule has 0 saturated heterocycles. The maximum Gasteiger partial charge on any atom is 0.119 e. The van der Waals surface area contributed by atoms with E-state index in [0.717, 1.165) is 43.1 Å². The highest BCUT2D eigenvalue weighted by molar-refractivity contribution is 6.08. The topological polar surface area (TPSA) is 36.9 Å². The number of anilines is 2. The van der Waals surface area contributed by atoms with Crippen molar-refractivity contribution >= 4 is 17.1 Å². The van der Waals surface area contributed by atoms with E-state index in [4.69, 9.17) is 4.74 Å². The summed E-state index contributed by atoms with van der Waals surface area (Å²) in [5, 5.41) is 4.69. The van der Waals surface area contributed by atoms with Gasteiger partial charge < -0.3 is 9.64 Å². The normalized spacial score (nSPS) is 17.8. The van der Waals surface area contributed by atoms with Crippen LogP contribution >= 0.6 is 0 Å². The molecule has 0 aromatic heterocycles. The first-order chi connectivity index (χ1) is 11.3. The third-order valence-electron chi connectivity index (χ3n) is 4.61. The van der Waals surface area contributed by atoms with Crippen molar-refractivity contribution in [2.75, 3.05) is 30.5 Å². The highest BCUT2D eigenvalue weighted by Gasteiger charge is 2.28. The number of ether oxygens (including phenoxy) is 1. The Kier molecular flexibility index (Phi) is 3.66. The standard InChI is InChI=1S/C19H21N3O/c1-23-16-12-14-6-5-10-22-11-9-18(17(13-16)19(14)22)21-20-15-7-3-2-4-8-15/h2-4,7-8,12-13,20H,5-6,9-11H2,1H3. The lowest BCUT2D eigenvalue weighted by Gasteiger charge is -2.37. The van der Waals surface area contributed by atoms with Gasteiger partial charge in [-0.05, 0) is 42.7 Å². The molecule has 2 heterocycles. The first-order valence-corrected chi connectivity index (χ1v) is 8.19. The summed E-state index contributed by atoms with van der Waals surface area (Å²) in [4.78, 5) is 2.50. The van der Waals surface area contributed by atoms with Crippen molar-refractivity contribution in [1.82, 2.24) is 0 Å². The summed E-state index contributed by atoms with van der Waals surface area (Å²) < 4.78 is 5.50. The Morgan fingerprint density at radius 2 is 1.96 bits per heavy atom. The molecule has 0 fully saturated rings. The maximum absolute atomic E-state index is 5.50. The average molecular weight is 307 g/mol. The second-order valence-corrected chi connectivity index (χ2v) is 6.06. The summed E-state index contributed by atoms with van der Waals surface area (Å²) >= 11 is 0. The molecule has 4 heteroatoms. The molecule has 0 amide bonds. The van der Waals surface area contributed by atoms with Crippen molar-refractivity contribution in [2.24, 2.45) is 5.10 Å². The van der Waals surface area contributed by atoms with E-state index in [2.05, 4.69) is 27.6 Å². The maximum atomic E-state index is 5.50. The number of aryl methyl sites for hydroxylation is 1. The molecule has 0 aliphatic carbocycles. The minimum atomic E-state index is 0.926. The third kappa shape index (κ3) is 2.65. The van der Waals surface area contributed by atoms with Gasteiger partial charge in [-0.3, -0.25) is 5.43 Å². The summed E-state index contributed by atoms with van der Waals surface area (Å²) in [5.41, 5.74) is 9.28. The van der Waals surface area contributed by atoms with Gasteiger partial charge in [-0.25, -0.2) is 0 Å². The van der Waals surface area contributed by atoms with Gasteiger partial charge in [0.2, 0.25) is 0 Å². The summed E-state index contributed by atoms with van der Waals surface area (Å²) in [6.45, 7) is 2.19. The second-order valence-electron chi connectivity index (χ2n) is 6.06. The molecule has 1 N–H and O–H groups in total. The summed E-state index contributed by atoms with van der Waals surface area (Å²) in [6, 6.07) is 14.4. The Bertz CT molecular complexity index is 740. The van der Waals surface area contributed by atoms with Crippen molar-refractivity contribution < 1.29 is 4.74 Å². The van der Waals surface area contributed by atoms with Gasteiger partial charge >= 0.3 is 0 Å². The van der Waals surface area contributed by atoms with Crippen LogP contribution < -0.4 is 15.1 Å². The monoisotopic (exact) mass is 307 g/mol. The highest BCUT2D eigenvalue weighted by atomic mass is 16.5. The molecular formula is C19H21N3O. The lowest BCUT2D eigenvalue weighted by atomic mass is 9.90. The molecular weight excluding hydrogens is 286 g/mol. The van der Waals surface area contributed by atoms with E-state index >= 15 is 0 Å². The largest absolute Gasteiger partial charge is 0.497 e. The number of nitrogens with one attached hydrogen (secondary N) is 1. The van der Waals surface area contributed by atoms with Gasteiger partial charge in [-0.2, -0.15) is 5.10 Å². The number of hydrazone groups is 1. The number of para-hydroxylation sites is 1. The summed E-state index contributed by atoms with van der Waals surface area (Å²) in [6.07, 6.45) is 3.29. The van der Waals surface area contributed by atoms with Crippen molar-refractivity contribution in [3.63, 3.8) is 0 Å². The number of nitrogens with zero attached hydrogens (tertiary/aromatic N) is 2. The quantitative estimate of drug-likeness (QED) is 0.879. The van der Waals surface area contributed by atoms with Crippen LogP contribution in [0.15, 0.2) is 47.6 Å². The molecule has 0 spiro atoms. The fraction of sp³-hybridized carbons (Fsp3) is 0.316. The van der Waals surface area contributed by atoms with Crippen LogP contribution in [-0.4, -0.2) is 25.9 Å². The molecule has 0 atom stereocenters. The number of rotatable bonds is 3. The van der Waals surface area contributed by atoms with E-state index in [9.17, 15) is 0 Å². The Morgan fingerprint density at radius 1 is 1.09 bits per heavy atom. The zero-order valence-electron chi connectivity index (χ0n) is 13.4. The molecule has 0 unspecified atom stereocenters. The van der Waals surface area contributed by atoms with E-state index in [1.807, 2.05) is 30.3 Å². The van der Waals surface area contributed by atoms with Crippen molar-refractivity contribution in [1.29, 1.82) is 0 Å². The van der Waals surface area contributed by atoms with Crippen molar-refractivity contribution in [3.8, 4) is 5.75 Å². The third-order valence-corrected chi connectivity index (χ3v) is 4.61. The molecule has 0 saturated carbocycles. The van der Waals surface area contributed by atoms with Crippen LogP contribution in [-0.2, 0) is 6.42 Å². The molecule has 2 aromatic rings. The summed E-state index contributed by atoms with van der Waals surface area (Å²) in [5.74, 6) is 0.926. The zero-order valence-corrected chi connectivity index (χ0v) is 13.4. The Hall–Kier alpha value is -2.49. The second kappa shape index (κ2) is 5.95. The van der Waals surface area contributed by atoms with Gasteiger partial charge in [0.05, 0.1) is 18.5 Å². The van der Waals surface area contributed by atoms with E-state index in [-0.39, 0.29) is 0 Å². The molecule has 2 aromatic carbocycles. The summed E-state index contributed by atoms with van der Waals surface area (Å²) in [7, 11) is 1.73. The lowest BCUT2D eigenvalue weighted by molar-refractivity contribution is 0.413. The molecule has 23 heavy (non-hydrogen) atoms. The van der Waals surface area contributed by atoms with Crippen LogP contribution in [0.5, 0.6) is 5.75 Å². The fourth-order valence-electron chi connectivity index (χ4n) is 3.50. The molecule has 2 aliphatic heterocycles. The van der Waals surface area contributed by atoms with Crippen LogP contribution in [0.1, 0.15) is 24.0 Å². The van der Waals surface area contributed by atoms with Gasteiger partial charge in [0.15, 0.2) is 0 Å². The highest BCUT2D eigenvalue weighted by Crippen LogP contribution is 2.38. The molecule has 0 bridgehead atoms. The van der Waals surface area contributed by atoms with Crippen molar-refractivity contribution in [2.45, 2.75) is 19.3 Å². The molecule has 0 radical (unpaired) electrons. The molecule has 4 nitrogen and oxygen atoms in total. The van der Waals surface area contributed by atoms with Gasteiger partial charge in [-0.1, -0.05) is 18.2 Å². The number of benzene rings is 2. The van der Waals surface area contributed by atoms with Crippen molar-refractivity contribution in [3.05, 3.63) is 53.6 Å². The average Bonchev–Trinajstić information content (AvgIpc) is 2.62. The SMILES string of the molecule is COc1cc2c3c(c1)C(=NNc1ccccc1)CCN3CCC2. The number of methoxy groups -OCH3 is 1. The van der Waals surface area contributed by atoms with E-state index < -0.39 is 0 Å². The van der Waals surface area contributed by atoms with Crippen LogP contribution in [0, 0.1) is 0 Å². The Labute approximate surface area is 136 Å². The van der Waals surface area contributed by atoms with Crippen LogP contribution in [0.2, 0.25) is 0 Å². The smallest absolute Gasteiger partial charge is 0.119 e. The van der Waals surface area contributed by atoms with Crippen LogP contribution in [0.4, 0.5) is 11.4 Å². The molecule has 2 aliphatic rings. The predicted molar refractivity (Wildman–Crippen MR) is 94.7 cm³/mol. The Morgan fingerprint density at radius 3 is 2.78 bits per heavy atom.